The van der Waals surface area contributed by atoms with E-state index in [0.29, 0.717) is 12.5 Å². The van der Waals surface area contributed by atoms with Crippen LogP contribution in [0.2, 0.25) is 0 Å². The van der Waals surface area contributed by atoms with Gasteiger partial charge in [-0.25, -0.2) is 9.97 Å². The Labute approximate surface area is 115 Å². The summed E-state index contributed by atoms with van der Waals surface area (Å²) in [7, 11) is 0. The van der Waals surface area contributed by atoms with Crippen molar-refractivity contribution in [2.24, 2.45) is 5.92 Å². The number of nitrogens with one attached hydrogen (secondary N) is 2. The van der Waals surface area contributed by atoms with E-state index in [1.165, 1.54) is 0 Å². The quantitative estimate of drug-likeness (QED) is 0.674. The molecule has 3 N–H and O–H groups in total. The van der Waals surface area contributed by atoms with Crippen LogP contribution in [0.15, 0.2) is 6.07 Å². The van der Waals surface area contributed by atoms with E-state index in [2.05, 4.69) is 41.4 Å². The highest BCUT2D eigenvalue weighted by atomic mass is 16.3. The fourth-order valence-electron chi connectivity index (χ4n) is 1.50. The van der Waals surface area contributed by atoms with E-state index in [0.717, 1.165) is 30.4 Å². The topological polar surface area (TPSA) is 70.1 Å². The maximum absolute atomic E-state index is 9.04. The van der Waals surface area contributed by atoms with Crippen LogP contribution in [-0.4, -0.2) is 34.8 Å². The fourth-order valence-corrected chi connectivity index (χ4v) is 1.50. The highest BCUT2D eigenvalue weighted by molar-refractivity contribution is 5.47. The maximum Gasteiger partial charge on any atom is 0.135 e. The van der Waals surface area contributed by atoms with Gasteiger partial charge in [-0.3, -0.25) is 0 Å². The van der Waals surface area contributed by atoms with Gasteiger partial charge < -0.3 is 15.7 Å². The van der Waals surface area contributed by atoms with Crippen LogP contribution in [0.4, 0.5) is 11.6 Å². The molecule has 0 aliphatic heterocycles. The van der Waals surface area contributed by atoms with E-state index >= 15 is 0 Å². The van der Waals surface area contributed by atoms with Crippen molar-refractivity contribution < 1.29 is 5.11 Å². The van der Waals surface area contributed by atoms with Crippen LogP contribution < -0.4 is 10.6 Å². The lowest BCUT2D eigenvalue weighted by Gasteiger charge is -2.14. The van der Waals surface area contributed by atoms with Crippen molar-refractivity contribution in [2.45, 2.75) is 40.0 Å². The van der Waals surface area contributed by atoms with Crippen LogP contribution in [0.3, 0.4) is 0 Å². The van der Waals surface area contributed by atoms with E-state index in [1.54, 1.807) is 0 Å². The number of aliphatic hydroxyl groups is 1. The molecule has 5 heteroatoms. The summed E-state index contributed by atoms with van der Waals surface area (Å²) >= 11 is 0. The Morgan fingerprint density at radius 3 is 2.32 bits per heavy atom. The van der Waals surface area contributed by atoms with E-state index < -0.39 is 0 Å². The number of aromatic nitrogens is 2. The molecular formula is C14H26N4O. The molecule has 1 aromatic rings. The summed E-state index contributed by atoms with van der Waals surface area (Å²) in [6, 6.07) is 1.92. The molecule has 5 nitrogen and oxygen atoms in total. The molecule has 0 saturated carbocycles. The average molecular weight is 266 g/mol. The zero-order chi connectivity index (χ0) is 14.3. The largest absolute Gasteiger partial charge is 0.396 e. The summed E-state index contributed by atoms with van der Waals surface area (Å²) in [5, 5.41) is 15.6. The highest BCUT2D eigenvalue weighted by Gasteiger charge is 2.08. The molecule has 0 aliphatic rings. The zero-order valence-corrected chi connectivity index (χ0v) is 12.4. The number of nitrogens with zero attached hydrogens (tertiary/aromatic N) is 2. The lowest BCUT2D eigenvalue weighted by atomic mass is 10.2. The number of hydrogen-bond donors (Lipinski definition) is 3. The molecule has 0 saturated heterocycles. The summed E-state index contributed by atoms with van der Waals surface area (Å²) < 4.78 is 0. The van der Waals surface area contributed by atoms with Crippen molar-refractivity contribution in [2.75, 3.05) is 30.3 Å². The summed E-state index contributed by atoms with van der Waals surface area (Å²) in [4.78, 5) is 9.01. The SMILES string of the molecule is CCCNc1cc(NCC(C)CO)nc(C(C)C)n1. The molecule has 0 spiro atoms. The Bertz CT molecular complexity index is 382. The molecular weight excluding hydrogens is 240 g/mol. The predicted molar refractivity (Wildman–Crippen MR) is 79.6 cm³/mol. The second kappa shape index (κ2) is 7.94. The van der Waals surface area contributed by atoms with Gasteiger partial charge in [0.1, 0.15) is 17.5 Å². The van der Waals surface area contributed by atoms with Gasteiger partial charge in [0.25, 0.3) is 0 Å². The van der Waals surface area contributed by atoms with Crippen LogP contribution in [0, 0.1) is 5.92 Å². The van der Waals surface area contributed by atoms with Gasteiger partial charge in [0.2, 0.25) is 0 Å². The minimum absolute atomic E-state index is 0.177. The lowest BCUT2D eigenvalue weighted by molar-refractivity contribution is 0.244. The van der Waals surface area contributed by atoms with Gasteiger partial charge in [-0.2, -0.15) is 0 Å². The smallest absolute Gasteiger partial charge is 0.135 e. The van der Waals surface area contributed by atoms with Crippen molar-refractivity contribution in [3.05, 3.63) is 11.9 Å². The molecule has 19 heavy (non-hydrogen) atoms. The van der Waals surface area contributed by atoms with Crippen LogP contribution in [0.25, 0.3) is 0 Å². The molecule has 0 fully saturated rings. The molecule has 1 atom stereocenters. The molecule has 1 heterocycles. The average Bonchev–Trinajstić information content (AvgIpc) is 2.42. The number of aliphatic hydroxyl groups excluding tert-OH is 1. The Morgan fingerprint density at radius 1 is 1.16 bits per heavy atom. The molecule has 0 aliphatic carbocycles. The summed E-state index contributed by atoms with van der Waals surface area (Å²) in [6.07, 6.45) is 1.06. The normalized spacial score (nSPS) is 12.5. The molecule has 1 rings (SSSR count). The van der Waals surface area contributed by atoms with Crippen molar-refractivity contribution in [1.82, 2.24) is 9.97 Å². The summed E-state index contributed by atoms with van der Waals surface area (Å²) in [6.45, 7) is 10.1. The Balaban J connectivity index is 2.80. The standard InChI is InChI=1S/C14H26N4O/c1-5-6-15-12-7-13(16-8-11(4)9-19)18-14(17-12)10(2)3/h7,10-11,19H,5-6,8-9H2,1-4H3,(H2,15,16,17,18). The van der Waals surface area contributed by atoms with Gasteiger partial charge >= 0.3 is 0 Å². The monoisotopic (exact) mass is 266 g/mol. The minimum atomic E-state index is 0.177. The lowest BCUT2D eigenvalue weighted by Crippen LogP contribution is -2.16. The third-order valence-corrected chi connectivity index (χ3v) is 2.76. The van der Waals surface area contributed by atoms with Gasteiger partial charge in [-0.15, -0.1) is 0 Å². The van der Waals surface area contributed by atoms with E-state index in [4.69, 9.17) is 5.11 Å². The van der Waals surface area contributed by atoms with Gasteiger partial charge in [0, 0.05) is 31.7 Å². The van der Waals surface area contributed by atoms with E-state index in [1.807, 2.05) is 13.0 Å². The molecule has 1 aromatic heterocycles. The first-order chi connectivity index (χ1) is 9.06. The first-order valence-electron chi connectivity index (χ1n) is 7.04. The van der Waals surface area contributed by atoms with Crippen molar-refractivity contribution >= 4 is 11.6 Å². The maximum atomic E-state index is 9.04. The Morgan fingerprint density at radius 2 is 1.79 bits per heavy atom. The van der Waals surface area contributed by atoms with Crippen molar-refractivity contribution in [1.29, 1.82) is 0 Å². The first kappa shape index (κ1) is 15.7. The molecule has 1 unspecified atom stereocenters. The number of hydrogen-bond acceptors (Lipinski definition) is 5. The van der Waals surface area contributed by atoms with Gasteiger partial charge in [0.05, 0.1) is 0 Å². The molecule has 108 valence electrons. The predicted octanol–water partition coefficient (Wildman–Crippen LogP) is 2.46. The summed E-state index contributed by atoms with van der Waals surface area (Å²) in [5.74, 6) is 3.02. The Kier molecular flexibility index (Phi) is 6.56. The second-order valence-corrected chi connectivity index (χ2v) is 5.25. The number of anilines is 2. The number of rotatable bonds is 8. The molecule has 0 radical (unpaired) electrons. The van der Waals surface area contributed by atoms with Gasteiger partial charge in [0.15, 0.2) is 0 Å². The third-order valence-electron chi connectivity index (χ3n) is 2.76. The molecule has 0 aromatic carbocycles. The third kappa shape index (κ3) is 5.42. The second-order valence-electron chi connectivity index (χ2n) is 5.25. The molecule has 0 amide bonds. The van der Waals surface area contributed by atoms with Crippen LogP contribution >= 0.6 is 0 Å². The van der Waals surface area contributed by atoms with E-state index in [-0.39, 0.29) is 12.5 Å². The van der Waals surface area contributed by atoms with Crippen LogP contribution in [0.1, 0.15) is 45.9 Å². The first-order valence-corrected chi connectivity index (χ1v) is 7.04. The van der Waals surface area contributed by atoms with Gasteiger partial charge in [-0.05, 0) is 12.3 Å². The minimum Gasteiger partial charge on any atom is -0.396 e. The van der Waals surface area contributed by atoms with Crippen molar-refractivity contribution in [3.8, 4) is 0 Å². The molecule has 0 bridgehead atoms. The van der Waals surface area contributed by atoms with Crippen molar-refractivity contribution in [3.63, 3.8) is 0 Å². The van der Waals surface area contributed by atoms with Gasteiger partial charge in [-0.1, -0.05) is 27.7 Å². The zero-order valence-electron chi connectivity index (χ0n) is 12.4. The van der Waals surface area contributed by atoms with E-state index in [9.17, 15) is 0 Å². The van der Waals surface area contributed by atoms with Crippen LogP contribution in [0.5, 0.6) is 0 Å². The summed E-state index contributed by atoms with van der Waals surface area (Å²) in [5.41, 5.74) is 0. The fraction of sp³-hybridized carbons (Fsp3) is 0.714. The van der Waals surface area contributed by atoms with Crippen LogP contribution in [-0.2, 0) is 0 Å². The highest BCUT2D eigenvalue weighted by Crippen LogP contribution is 2.17. The Hall–Kier alpha value is -1.36.